The van der Waals surface area contributed by atoms with Crippen LogP contribution >= 0.6 is 0 Å². The monoisotopic (exact) mass is 812 g/mol. The SMILES string of the molecule is c1ccc(B2c3ccccc3N3c4ccc(-n5c6cc(-c7ccccc7)ccc6c6ccc(-c7ccccc7)cc65)cc4C(c4ccccc4)(c4ccccc4)c4cccc2c43)cc1. The Morgan fingerprint density at radius 1 is 0.344 bits per heavy atom. The summed E-state index contributed by atoms with van der Waals surface area (Å²) in [5.41, 5.74) is 20.2. The zero-order chi connectivity index (χ0) is 42.2. The van der Waals surface area contributed by atoms with Gasteiger partial charge in [-0.3, -0.25) is 0 Å². The second-order valence-electron chi connectivity index (χ2n) is 17.2. The molecule has 2 aliphatic rings. The van der Waals surface area contributed by atoms with Crippen LogP contribution in [0.5, 0.6) is 0 Å². The Kier molecular flexibility index (Phi) is 8.26. The molecular weight excluding hydrogens is 771 g/mol. The Hall–Kier alpha value is -8.14. The maximum Gasteiger partial charge on any atom is 0.246 e. The van der Waals surface area contributed by atoms with Gasteiger partial charge in [-0.15, -0.1) is 0 Å². The number of hydrogen-bond acceptors (Lipinski definition) is 1. The summed E-state index contributed by atoms with van der Waals surface area (Å²) >= 11 is 0. The molecule has 0 atom stereocenters. The molecule has 11 aromatic rings. The largest absolute Gasteiger partial charge is 0.311 e. The third-order valence-corrected chi connectivity index (χ3v) is 13.9. The highest BCUT2D eigenvalue weighted by molar-refractivity contribution is 6.98. The van der Waals surface area contributed by atoms with Gasteiger partial charge in [-0.05, 0) is 91.8 Å². The molecule has 0 unspecified atom stereocenters. The first-order chi connectivity index (χ1) is 31.8. The summed E-state index contributed by atoms with van der Waals surface area (Å²) in [6.45, 7) is 0.0730. The van der Waals surface area contributed by atoms with Crippen LogP contribution in [0.1, 0.15) is 22.3 Å². The maximum atomic E-state index is 2.58. The zero-order valence-corrected chi connectivity index (χ0v) is 35.1. The lowest BCUT2D eigenvalue weighted by atomic mass is 9.34. The molecule has 0 amide bonds. The Balaban J connectivity index is 1.16. The molecule has 0 N–H and O–H groups in total. The van der Waals surface area contributed by atoms with E-state index in [4.69, 9.17) is 0 Å². The van der Waals surface area contributed by atoms with Crippen molar-refractivity contribution >= 4 is 62.0 Å². The number of fused-ring (bicyclic) bond motifs is 7. The van der Waals surface area contributed by atoms with Crippen LogP contribution in [-0.2, 0) is 5.41 Å². The summed E-state index contributed by atoms with van der Waals surface area (Å²) in [6.07, 6.45) is 0. The van der Waals surface area contributed by atoms with Crippen molar-refractivity contribution in [3.8, 4) is 27.9 Å². The zero-order valence-electron chi connectivity index (χ0n) is 35.1. The van der Waals surface area contributed by atoms with E-state index in [9.17, 15) is 0 Å². The second-order valence-corrected chi connectivity index (χ2v) is 17.2. The van der Waals surface area contributed by atoms with Gasteiger partial charge < -0.3 is 9.47 Å². The van der Waals surface area contributed by atoms with E-state index < -0.39 is 5.41 Å². The van der Waals surface area contributed by atoms with Crippen LogP contribution in [0.25, 0.3) is 49.7 Å². The molecule has 0 saturated carbocycles. The minimum atomic E-state index is -0.660. The molecular formula is C61H41BN2. The number of hydrogen-bond donors (Lipinski definition) is 0. The van der Waals surface area contributed by atoms with E-state index in [1.807, 2.05) is 0 Å². The average Bonchev–Trinajstić information content (AvgIpc) is 3.70. The molecule has 2 aliphatic heterocycles. The van der Waals surface area contributed by atoms with Crippen molar-refractivity contribution in [3.05, 3.63) is 271 Å². The fourth-order valence-corrected chi connectivity index (χ4v) is 11.2. The normalized spacial score (nSPS) is 13.4. The van der Waals surface area contributed by atoms with E-state index in [1.54, 1.807) is 0 Å². The van der Waals surface area contributed by atoms with Crippen molar-refractivity contribution in [2.45, 2.75) is 5.41 Å². The molecule has 13 rings (SSSR count). The lowest BCUT2D eigenvalue weighted by molar-refractivity contribution is 0.731. The number of aromatic nitrogens is 1. The highest BCUT2D eigenvalue weighted by Crippen LogP contribution is 2.58. The summed E-state index contributed by atoms with van der Waals surface area (Å²) in [5, 5.41) is 2.47. The van der Waals surface area contributed by atoms with Crippen LogP contribution in [-0.4, -0.2) is 11.3 Å². The minimum absolute atomic E-state index is 0.0730. The number of para-hydroxylation sites is 2. The van der Waals surface area contributed by atoms with Crippen molar-refractivity contribution in [1.82, 2.24) is 4.57 Å². The first-order valence-corrected chi connectivity index (χ1v) is 22.3. The van der Waals surface area contributed by atoms with E-state index in [-0.39, 0.29) is 6.71 Å². The molecule has 64 heavy (non-hydrogen) atoms. The van der Waals surface area contributed by atoms with Gasteiger partial charge in [-0.1, -0.05) is 218 Å². The molecule has 3 heterocycles. The molecule has 10 aromatic carbocycles. The number of anilines is 3. The molecule has 0 bridgehead atoms. The molecule has 1 aromatic heterocycles. The van der Waals surface area contributed by atoms with E-state index in [0.717, 1.165) is 5.69 Å². The van der Waals surface area contributed by atoms with Gasteiger partial charge in [0.1, 0.15) is 0 Å². The predicted molar refractivity (Wildman–Crippen MR) is 269 cm³/mol. The van der Waals surface area contributed by atoms with E-state index in [2.05, 4.69) is 258 Å². The van der Waals surface area contributed by atoms with Crippen molar-refractivity contribution in [3.63, 3.8) is 0 Å². The van der Waals surface area contributed by atoms with Crippen molar-refractivity contribution in [2.75, 3.05) is 4.90 Å². The smallest absolute Gasteiger partial charge is 0.246 e. The fourth-order valence-electron chi connectivity index (χ4n) is 11.2. The van der Waals surface area contributed by atoms with Gasteiger partial charge in [0.2, 0.25) is 6.71 Å². The summed E-state index contributed by atoms with van der Waals surface area (Å²) in [6, 6.07) is 92.4. The van der Waals surface area contributed by atoms with Gasteiger partial charge in [0.25, 0.3) is 0 Å². The van der Waals surface area contributed by atoms with Crippen molar-refractivity contribution in [2.24, 2.45) is 0 Å². The lowest BCUT2D eigenvalue weighted by Crippen LogP contribution is -2.59. The quantitative estimate of drug-likeness (QED) is 0.152. The van der Waals surface area contributed by atoms with E-state index >= 15 is 0 Å². The highest BCUT2D eigenvalue weighted by atomic mass is 15.2. The summed E-state index contributed by atoms with van der Waals surface area (Å²) in [5.74, 6) is 0. The van der Waals surface area contributed by atoms with Crippen LogP contribution in [0.3, 0.4) is 0 Å². The van der Waals surface area contributed by atoms with Crippen LogP contribution in [0.15, 0.2) is 249 Å². The minimum Gasteiger partial charge on any atom is -0.311 e. The molecule has 0 saturated heterocycles. The second kappa shape index (κ2) is 14.5. The Morgan fingerprint density at radius 3 is 1.45 bits per heavy atom. The predicted octanol–water partition coefficient (Wildman–Crippen LogP) is 13.1. The third kappa shape index (κ3) is 5.34. The van der Waals surface area contributed by atoms with E-state index in [0.29, 0.717) is 0 Å². The molecule has 0 spiro atoms. The van der Waals surface area contributed by atoms with Gasteiger partial charge in [-0.2, -0.15) is 0 Å². The van der Waals surface area contributed by atoms with Crippen LogP contribution < -0.4 is 21.3 Å². The van der Waals surface area contributed by atoms with Gasteiger partial charge in [0.15, 0.2) is 0 Å². The number of rotatable bonds is 6. The van der Waals surface area contributed by atoms with Crippen LogP contribution in [0, 0.1) is 0 Å². The molecule has 2 nitrogen and oxygen atoms in total. The Bertz CT molecular complexity index is 3410. The van der Waals surface area contributed by atoms with Crippen LogP contribution in [0.4, 0.5) is 17.1 Å². The summed E-state index contributed by atoms with van der Waals surface area (Å²) in [7, 11) is 0. The Morgan fingerprint density at radius 2 is 0.859 bits per heavy atom. The van der Waals surface area contributed by atoms with Crippen molar-refractivity contribution < 1.29 is 0 Å². The molecule has 0 radical (unpaired) electrons. The topological polar surface area (TPSA) is 8.17 Å². The Labute approximate surface area is 374 Å². The fraction of sp³-hybridized carbons (Fsp3) is 0.0164. The number of benzene rings is 10. The first kappa shape index (κ1) is 36.5. The average molecular weight is 813 g/mol. The molecule has 3 heteroatoms. The van der Waals surface area contributed by atoms with Gasteiger partial charge in [0, 0.05) is 27.8 Å². The van der Waals surface area contributed by atoms with E-state index in [1.165, 1.54) is 99.8 Å². The standard InChI is InChI=1S/C61H41BN2/c1-6-19-42(20-7-1)44-33-36-50-51-37-34-45(43-21-8-2-9-22-43)40-59(51)63(58(50)39-44)49-35-38-56-53(41-49)61(46-23-10-3-11-24-46,47-25-12-4-13-26-47)52-29-18-31-55-60(52)64(56)57-32-17-16-30-54(57)62(55)48-27-14-5-15-28-48/h1-41H. The lowest BCUT2D eigenvalue weighted by Gasteiger charge is -2.50. The molecule has 0 fully saturated rings. The number of nitrogens with zero attached hydrogens (tertiary/aromatic N) is 2. The maximum absolute atomic E-state index is 2.58. The molecule has 298 valence electrons. The van der Waals surface area contributed by atoms with Crippen LogP contribution in [0.2, 0.25) is 0 Å². The molecule has 0 aliphatic carbocycles. The van der Waals surface area contributed by atoms with Gasteiger partial charge in [-0.25, -0.2) is 0 Å². The highest BCUT2D eigenvalue weighted by Gasteiger charge is 2.50. The first-order valence-electron chi connectivity index (χ1n) is 22.3. The third-order valence-electron chi connectivity index (χ3n) is 13.9. The van der Waals surface area contributed by atoms with Crippen molar-refractivity contribution in [1.29, 1.82) is 0 Å². The van der Waals surface area contributed by atoms with Gasteiger partial charge >= 0.3 is 0 Å². The van der Waals surface area contributed by atoms with Gasteiger partial charge in [0.05, 0.1) is 22.1 Å². The summed E-state index contributed by atoms with van der Waals surface area (Å²) < 4.78 is 2.52. The summed E-state index contributed by atoms with van der Waals surface area (Å²) in [4.78, 5) is 2.58.